The van der Waals surface area contributed by atoms with E-state index in [2.05, 4.69) is 5.32 Å². The average molecular weight is 436 g/mol. The molecule has 160 valence electrons. The number of aromatic hydroxyl groups is 1. The van der Waals surface area contributed by atoms with Crippen LogP contribution < -0.4 is 10.9 Å². The number of phenolic OH excluding ortho intramolecular Hbond substituents is 1. The van der Waals surface area contributed by atoms with Gasteiger partial charge in [-0.25, -0.2) is 4.79 Å². The van der Waals surface area contributed by atoms with Crippen molar-refractivity contribution in [3.8, 4) is 5.75 Å². The van der Waals surface area contributed by atoms with Crippen molar-refractivity contribution in [3.63, 3.8) is 0 Å². The summed E-state index contributed by atoms with van der Waals surface area (Å²) in [4.78, 5) is 12.7. The SMILES string of the molecule is Cc1ccc(NCc2cc3c(C)c(Cc4ccccc4)c(=O)oc3c(C)c2O)cc1.Cl. The number of halogens is 1. The minimum atomic E-state index is -0.350. The van der Waals surface area contributed by atoms with E-state index in [9.17, 15) is 9.90 Å². The summed E-state index contributed by atoms with van der Waals surface area (Å²) in [6, 6.07) is 19.9. The highest BCUT2D eigenvalue weighted by molar-refractivity contribution is 5.87. The lowest BCUT2D eigenvalue weighted by Gasteiger charge is -2.15. The minimum Gasteiger partial charge on any atom is -0.507 e. The predicted octanol–water partition coefficient (Wildman–Crippen LogP) is 6.05. The molecule has 5 heteroatoms. The molecule has 0 aliphatic carbocycles. The van der Waals surface area contributed by atoms with Crippen LogP contribution in [0.4, 0.5) is 5.69 Å². The zero-order chi connectivity index (χ0) is 21.3. The van der Waals surface area contributed by atoms with Crippen molar-refractivity contribution in [3.05, 3.63) is 104 Å². The molecule has 0 saturated carbocycles. The monoisotopic (exact) mass is 435 g/mol. The summed E-state index contributed by atoms with van der Waals surface area (Å²) in [5.41, 5.74) is 6.23. The molecule has 0 fully saturated rings. The van der Waals surface area contributed by atoms with Gasteiger partial charge in [-0.05, 0) is 50.1 Å². The normalized spacial score (nSPS) is 10.7. The largest absolute Gasteiger partial charge is 0.507 e. The van der Waals surface area contributed by atoms with Crippen molar-refractivity contribution in [2.45, 2.75) is 33.7 Å². The Bertz CT molecular complexity index is 1260. The summed E-state index contributed by atoms with van der Waals surface area (Å²) in [6.45, 7) is 6.25. The Labute approximate surface area is 188 Å². The molecule has 0 aliphatic heterocycles. The maximum Gasteiger partial charge on any atom is 0.340 e. The van der Waals surface area contributed by atoms with Gasteiger partial charge in [-0.3, -0.25) is 0 Å². The van der Waals surface area contributed by atoms with Crippen molar-refractivity contribution in [1.29, 1.82) is 0 Å². The van der Waals surface area contributed by atoms with Crippen LogP contribution in [0, 0.1) is 20.8 Å². The first-order chi connectivity index (χ1) is 14.4. The van der Waals surface area contributed by atoms with Gasteiger partial charge in [0, 0.05) is 40.7 Å². The maximum atomic E-state index is 12.7. The summed E-state index contributed by atoms with van der Waals surface area (Å²) in [7, 11) is 0. The Hall–Kier alpha value is -3.24. The lowest BCUT2D eigenvalue weighted by Crippen LogP contribution is -2.12. The number of nitrogens with one attached hydrogen (secondary N) is 1. The van der Waals surface area contributed by atoms with Crippen LogP contribution in [0.15, 0.2) is 69.9 Å². The fraction of sp³-hybridized carbons (Fsp3) is 0.192. The van der Waals surface area contributed by atoms with Gasteiger partial charge in [0.2, 0.25) is 0 Å². The minimum absolute atomic E-state index is 0. The number of benzene rings is 3. The number of hydrogen-bond acceptors (Lipinski definition) is 4. The standard InChI is InChI=1S/C26H25NO3.ClH/c1-16-9-11-21(12-10-16)27-15-20-14-22-17(2)23(13-19-7-5-4-6-8-19)26(29)30-25(22)18(3)24(20)28;/h4-12,14,27-28H,13,15H2,1-3H3;1H. The number of phenols is 1. The lowest BCUT2D eigenvalue weighted by molar-refractivity contribution is 0.462. The maximum absolute atomic E-state index is 12.7. The highest BCUT2D eigenvalue weighted by Crippen LogP contribution is 2.33. The van der Waals surface area contributed by atoms with E-state index < -0.39 is 0 Å². The van der Waals surface area contributed by atoms with Crippen LogP contribution in [0.25, 0.3) is 11.0 Å². The van der Waals surface area contributed by atoms with Crippen molar-refractivity contribution >= 4 is 29.1 Å². The Morgan fingerprint density at radius 2 is 1.61 bits per heavy atom. The molecule has 4 rings (SSSR count). The third-order valence-corrected chi connectivity index (χ3v) is 5.62. The molecule has 0 radical (unpaired) electrons. The van der Waals surface area contributed by atoms with Gasteiger partial charge in [-0.1, -0.05) is 48.0 Å². The van der Waals surface area contributed by atoms with E-state index in [4.69, 9.17) is 4.42 Å². The van der Waals surface area contributed by atoms with Crippen molar-refractivity contribution in [2.24, 2.45) is 0 Å². The highest BCUT2D eigenvalue weighted by atomic mass is 35.5. The zero-order valence-electron chi connectivity index (χ0n) is 17.9. The third kappa shape index (κ3) is 4.59. The van der Waals surface area contributed by atoms with Crippen LogP contribution in [-0.4, -0.2) is 5.11 Å². The molecule has 0 saturated heterocycles. The Morgan fingerprint density at radius 3 is 2.29 bits per heavy atom. The van der Waals surface area contributed by atoms with Gasteiger partial charge in [-0.2, -0.15) is 0 Å². The van der Waals surface area contributed by atoms with E-state index in [0.717, 1.165) is 27.8 Å². The van der Waals surface area contributed by atoms with Gasteiger partial charge in [0.1, 0.15) is 11.3 Å². The summed E-state index contributed by atoms with van der Waals surface area (Å²) in [5.74, 6) is 0.153. The van der Waals surface area contributed by atoms with Crippen LogP contribution in [0.5, 0.6) is 5.75 Å². The molecule has 31 heavy (non-hydrogen) atoms. The lowest BCUT2D eigenvalue weighted by atomic mass is 9.96. The highest BCUT2D eigenvalue weighted by Gasteiger charge is 2.17. The van der Waals surface area contributed by atoms with Crippen LogP contribution >= 0.6 is 12.4 Å². The average Bonchev–Trinajstić information content (AvgIpc) is 2.75. The molecule has 0 amide bonds. The Balaban J connectivity index is 0.00000272. The number of fused-ring (bicyclic) bond motifs is 1. The molecular weight excluding hydrogens is 410 g/mol. The molecule has 0 atom stereocenters. The molecule has 4 aromatic rings. The summed E-state index contributed by atoms with van der Waals surface area (Å²) in [5, 5.41) is 14.9. The fourth-order valence-electron chi connectivity index (χ4n) is 3.75. The van der Waals surface area contributed by atoms with Gasteiger partial charge < -0.3 is 14.8 Å². The molecular formula is C26H26ClNO3. The molecule has 0 aliphatic rings. The second kappa shape index (κ2) is 9.27. The van der Waals surface area contributed by atoms with Gasteiger partial charge >= 0.3 is 5.63 Å². The molecule has 2 N–H and O–H groups in total. The van der Waals surface area contributed by atoms with E-state index in [1.54, 1.807) is 6.92 Å². The van der Waals surface area contributed by atoms with E-state index in [-0.39, 0.29) is 23.8 Å². The van der Waals surface area contributed by atoms with E-state index in [1.807, 2.05) is 74.5 Å². The predicted molar refractivity (Wildman–Crippen MR) is 129 cm³/mol. The fourth-order valence-corrected chi connectivity index (χ4v) is 3.75. The molecule has 4 nitrogen and oxygen atoms in total. The van der Waals surface area contributed by atoms with Gasteiger partial charge in [0.05, 0.1) is 0 Å². The van der Waals surface area contributed by atoms with Gasteiger partial charge in [0.25, 0.3) is 0 Å². The molecule has 0 bridgehead atoms. The molecule has 3 aromatic carbocycles. The summed E-state index contributed by atoms with van der Waals surface area (Å²) >= 11 is 0. The topological polar surface area (TPSA) is 62.5 Å². The van der Waals surface area contributed by atoms with Crippen molar-refractivity contribution in [1.82, 2.24) is 0 Å². The van der Waals surface area contributed by atoms with Crippen LogP contribution in [0.1, 0.15) is 33.4 Å². The summed E-state index contributed by atoms with van der Waals surface area (Å²) < 4.78 is 5.65. The molecule has 1 aromatic heterocycles. The first kappa shape index (κ1) is 22.4. The summed E-state index contributed by atoms with van der Waals surface area (Å²) in [6.07, 6.45) is 0.516. The van der Waals surface area contributed by atoms with Crippen LogP contribution in [0.2, 0.25) is 0 Å². The van der Waals surface area contributed by atoms with Crippen molar-refractivity contribution < 1.29 is 9.52 Å². The second-order valence-electron chi connectivity index (χ2n) is 7.76. The van der Waals surface area contributed by atoms with Crippen molar-refractivity contribution in [2.75, 3.05) is 5.32 Å². The Kier molecular flexibility index (Phi) is 6.71. The van der Waals surface area contributed by atoms with E-state index in [0.29, 0.717) is 29.7 Å². The number of hydrogen-bond donors (Lipinski definition) is 2. The van der Waals surface area contributed by atoms with E-state index >= 15 is 0 Å². The molecule has 1 heterocycles. The second-order valence-corrected chi connectivity index (χ2v) is 7.76. The first-order valence-electron chi connectivity index (χ1n) is 10.1. The smallest absolute Gasteiger partial charge is 0.340 e. The van der Waals surface area contributed by atoms with Crippen LogP contribution in [-0.2, 0) is 13.0 Å². The molecule has 0 spiro atoms. The zero-order valence-corrected chi connectivity index (χ0v) is 18.7. The number of anilines is 1. The molecule has 0 unspecified atom stereocenters. The Morgan fingerprint density at radius 1 is 0.935 bits per heavy atom. The first-order valence-corrected chi connectivity index (χ1v) is 10.1. The number of aryl methyl sites for hydroxylation is 3. The quantitative estimate of drug-likeness (QED) is 0.374. The van der Waals surface area contributed by atoms with Crippen LogP contribution in [0.3, 0.4) is 0 Å². The van der Waals surface area contributed by atoms with Gasteiger partial charge in [-0.15, -0.1) is 12.4 Å². The third-order valence-electron chi connectivity index (χ3n) is 5.62. The van der Waals surface area contributed by atoms with Gasteiger partial charge in [0.15, 0.2) is 0 Å². The number of rotatable bonds is 5. The van der Waals surface area contributed by atoms with E-state index in [1.165, 1.54) is 5.56 Å².